The smallest absolute Gasteiger partial charge is 0.143 e. The second kappa shape index (κ2) is 6.15. The summed E-state index contributed by atoms with van der Waals surface area (Å²) in [4.78, 5) is 0. The molecule has 1 atom stereocenters. The molecular formula is C19H22N2O3. The molecule has 0 aliphatic carbocycles. The highest BCUT2D eigenvalue weighted by molar-refractivity contribution is 5.62. The molecule has 2 N–H and O–H groups in total. The lowest BCUT2D eigenvalue weighted by atomic mass is 10.00. The molecule has 5 nitrogen and oxygen atoms in total. The standard InChI is InChI=1S/C19H22N2O3/c1-12-7-16-19(23-6-5-20-16)9-13(12)8-15-11-21-17-10-14(22-2)3-4-18(17)24-15/h3-4,7,9-10,15,20-21H,5-6,8,11H2,1-2H3. The molecule has 1 unspecified atom stereocenters. The van der Waals surface area contributed by atoms with E-state index in [1.54, 1.807) is 7.11 Å². The van der Waals surface area contributed by atoms with Gasteiger partial charge >= 0.3 is 0 Å². The third-order valence-electron chi connectivity index (χ3n) is 4.56. The summed E-state index contributed by atoms with van der Waals surface area (Å²) in [6, 6.07) is 10.2. The van der Waals surface area contributed by atoms with Gasteiger partial charge in [0.1, 0.15) is 30.0 Å². The van der Waals surface area contributed by atoms with Crippen LogP contribution in [-0.2, 0) is 6.42 Å². The number of aryl methyl sites for hydroxylation is 1. The summed E-state index contributed by atoms with van der Waals surface area (Å²) >= 11 is 0. The average Bonchev–Trinajstić information content (AvgIpc) is 2.62. The quantitative estimate of drug-likeness (QED) is 0.907. The van der Waals surface area contributed by atoms with Gasteiger partial charge in [-0.05, 0) is 42.3 Å². The zero-order valence-corrected chi connectivity index (χ0v) is 14.0. The second-order valence-corrected chi connectivity index (χ2v) is 6.24. The van der Waals surface area contributed by atoms with Crippen LogP contribution in [0.2, 0.25) is 0 Å². The molecule has 2 aromatic carbocycles. The summed E-state index contributed by atoms with van der Waals surface area (Å²) in [5.41, 5.74) is 4.60. The summed E-state index contributed by atoms with van der Waals surface area (Å²) in [6.45, 7) is 4.49. The van der Waals surface area contributed by atoms with Crippen LogP contribution in [0, 0.1) is 6.92 Å². The first-order valence-corrected chi connectivity index (χ1v) is 8.31. The van der Waals surface area contributed by atoms with Gasteiger partial charge in [0.15, 0.2) is 0 Å². The van der Waals surface area contributed by atoms with Gasteiger partial charge in [-0.25, -0.2) is 0 Å². The SMILES string of the molecule is COc1ccc2c(c1)NCC(Cc1cc3c(cc1C)NCCO3)O2. The summed E-state index contributed by atoms with van der Waals surface area (Å²) in [6.07, 6.45) is 0.945. The monoisotopic (exact) mass is 326 g/mol. The maximum atomic E-state index is 6.16. The van der Waals surface area contributed by atoms with Crippen molar-refractivity contribution in [3.8, 4) is 17.2 Å². The van der Waals surface area contributed by atoms with Gasteiger partial charge in [0.05, 0.1) is 25.0 Å². The Morgan fingerprint density at radius 2 is 2.00 bits per heavy atom. The van der Waals surface area contributed by atoms with Crippen molar-refractivity contribution < 1.29 is 14.2 Å². The molecule has 0 saturated carbocycles. The minimum Gasteiger partial charge on any atom is -0.497 e. The Labute approximate surface area is 141 Å². The van der Waals surface area contributed by atoms with Gasteiger partial charge < -0.3 is 24.8 Å². The highest BCUT2D eigenvalue weighted by atomic mass is 16.5. The van der Waals surface area contributed by atoms with E-state index in [4.69, 9.17) is 14.2 Å². The van der Waals surface area contributed by atoms with E-state index >= 15 is 0 Å². The Morgan fingerprint density at radius 3 is 2.88 bits per heavy atom. The van der Waals surface area contributed by atoms with Gasteiger partial charge in [-0.15, -0.1) is 0 Å². The van der Waals surface area contributed by atoms with Crippen LogP contribution in [0.5, 0.6) is 17.2 Å². The van der Waals surface area contributed by atoms with E-state index in [0.717, 1.165) is 48.1 Å². The molecule has 4 rings (SSSR count). The van der Waals surface area contributed by atoms with Crippen LogP contribution >= 0.6 is 0 Å². The van der Waals surface area contributed by atoms with E-state index in [2.05, 4.69) is 29.7 Å². The van der Waals surface area contributed by atoms with E-state index in [9.17, 15) is 0 Å². The van der Waals surface area contributed by atoms with E-state index in [-0.39, 0.29) is 6.10 Å². The third kappa shape index (κ3) is 2.82. The Morgan fingerprint density at radius 1 is 1.12 bits per heavy atom. The molecule has 5 heteroatoms. The van der Waals surface area contributed by atoms with Crippen molar-refractivity contribution in [3.05, 3.63) is 41.5 Å². The van der Waals surface area contributed by atoms with Crippen LogP contribution in [0.1, 0.15) is 11.1 Å². The van der Waals surface area contributed by atoms with Crippen LogP contribution in [0.15, 0.2) is 30.3 Å². The lowest BCUT2D eigenvalue weighted by molar-refractivity contribution is 0.205. The van der Waals surface area contributed by atoms with Crippen LogP contribution in [0.3, 0.4) is 0 Å². The zero-order chi connectivity index (χ0) is 16.5. The fourth-order valence-corrected chi connectivity index (χ4v) is 3.24. The van der Waals surface area contributed by atoms with Crippen LogP contribution in [0.25, 0.3) is 0 Å². The van der Waals surface area contributed by atoms with Crippen molar-refractivity contribution in [2.24, 2.45) is 0 Å². The Bertz CT molecular complexity index is 761. The largest absolute Gasteiger partial charge is 0.497 e. The van der Waals surface area contributed by atoms with Gasteiger partial charge in [0.25, 0.3) is 0 Å². The number of rotatable bonds is 3. The molecule has 2 heterocycles. The van der Waals surface area contributed by atoms with E-state index in [1.807, 2.05) is 18.2 Å². The normalized spacial score (nSPS) is 18.2. The summed E-state index contributed by atoms with van der Waals surface area (Å²) in [7, 11) is 1.67. The highest BCUT2D eigenvalue weighted by Gasteiger charge is 2.22. The fraction of sp³-hybridized carbons (Fsp3) is 0.368. The first-order valence-electron chi connectivity index (χ1n) is 8.31. The molecule has 2 aromatic rings. The zero-order valence-electron chi connectivity index (χ0n) is 14.0. The van der Waals surface area contributed by atoms with Crippen molar-refractivity contribution in [2.45, 2.75) is 19.4 Å². The molecule has 0 amide bonds. The van der Waals surface area contributed by atoms with Gasteiger partial charge in [0, 0.05) is 19.0 Å². The van der Waals surface area contributed by atoms with E-state index in [1.165, 1.54) is 11.1 Å². The van der Waals surface area contributed by atoms with Crippen molar-refractivity contribution in [1.82, 2.24) is 0 Å². The molecule has 2 aliphatic heterocycles. The summed E-state index contributed by atoms with van der Waals surface area (Å²) in [5, 5.41) is 6.82. The summed E-state index contributed by atoms with van der Waals surface area (Å²) < 4.78 is 17.2. The fourth-order valence-electron chi connectivity index (χ4n) is 3.24. The molecule has 0 radical (unpaired) electrons. The number of fused-ring (bicyclic) bond motifs is 2. The minimum atomic E-state index is 0.0965. The molecular weight excluding hydrogens is 304 g/mol. The second-order valence-electron chi connectivity index (χ2n) is 6.24. The van der Waals surface area contributed by atoms with Gasteiger partial charge in [-0.3, -0.25) is 0 Å². The van der Waals surface area contributed by atoms with Crippen molar-refractivity contribution >= 4 is 11.4 Å². The minimum absolute atomic E-state index is 0.0965. The Hall–Kier alpha value is -2.56. The number of benzene rings is 2. The number of hydrogen-bond acceptors (Lipinski definition) is 5. The molecule has 0 saturated heterocycles. The molecule has 24 heavy (non-hydrogen) atoms. The topological polar surface area (TPSA) is 51.8 Å². The van der Waals surface area contributed by atoms with E-state index < -0.39 is 0 Å². The van der Waals surface area contributed by atoms with Crippen molar-refractivity contribution in [1.29, 1.82) is 0 Å². The van der Waals surface area contributed by atoms with Gasteiger partial charge in [-0.1, -0.05) is 0 Å². The first kappa shape index (κ1) is 15.0. The number of hydrogen-bond donors (Lipinski definition) is 2. The van der Waals surface area contributed by atoms with Gasteiger partial charge in [0.2, 0.25) is 0 Å². The number of methoxy groups -OCH3 is 1. The maximum Gasteiger partial charge on any atom is 0.143 e. The Kier molecular flexibility index (Phi) is 3.84. The molecule has 0 bridgehead atoms. The third-order valence-corrected chi connectivity index (χ3v) is 4.56. The number of ether oxygens (including phenoxy) is 3. The predicted molar refractivity (Wildman–Crippen MR) is 94.8 cm³/mol. The number of nitrogens with one attached hydrogen (secondary N) is 2. The predicted octanol–water partition coefficient (Wildman–Crippen LogP) is 3.22. The van der Waals surface area contributed by atoms with Crippen molar-refractivity contribution in [2.75, 3.05) is 37.4 Å². The van der Waals surface area contributed by atoms with Crippen LogP contribution in [-0.4, -0.2) is 32.9 Å². The van der Waals surface area contributed by atoms with E-state index in [0.29, 0.717) is 6.61 Å². The van der Waals surface area contributed by atoms with Crippen molar-refractivity contribution in [3.63, 3.8) is 0 Å². The first-order chi connectivity index (χ1) is 11.7. The molecule has 126 valence electrons. The lowest BCUT2D eigenvalue weighted by Crippen LogP contribution is -2.32. The Balaban J connectivity index is 1.52. The number of anilines is 2. The molecule has 2 aliphatic rings. The lowest BCUT2D eigenvalue weighted by Gasteiger charge is -2.29. The van der Waals surface area contributed by atoms with Crippen LogP contribution < -0.4 is 24.8 Å². The summed E-state index contributed by atoms with van der Waals surface area (Å²) in [5.74, 6) is 2.65. The maximum absolute atomic E-state index is 6.16. The highest BCUT2D eigenvalue weighted by Crippen LogP contribution is 2.35. The van der Waals surface area contributed by atoms with Gasteiger partial charge in [-0.2, -0.15) is 0 Å². The van der Waals surface area contributed by atoms with Crippen LogP contribution in [0.4, 0.5) is 11.4 Å². The average molecular weight is 326 g/mol. The molecule has 0 aromatic heterocycles. The molecule has 0 fully saturated rings. The molecule has 0 spiro atoms.